The van der Waals surface area contributed by atoms with E-state index in [0.717, 1.165) is 17.9 Å². The van der Waals surface area contributed by atoms with Gasteiger partial charge in [-0.05, 0) is 32.9 Å². The Morgan fingerprint density at radius 3 is 2.45 bits per heavy atom. The lowest BCUT2D eigenvalue weighted by molar-refractivity contribution is 0.107. The van der Waals surface area contributed by atoms with Crippen molar-refractivity contribution in [3.8, 4) is 0 Å². The minimum Gasteiger partial charge on any atom is -0.390 e. The highest BCUT2D eigenvalue weighted by molar-refractivity contribution is 7.99. The van der Waals surface area contributed by atoms with Gasteiger partial charge in [0.15, 0.2) is 0 Å². The van der Waals surface area contributed by atoms with E-state index >= 15 is 0 Å². The van der Waals surface area contributed by atoms with Gasteiger partial charge in [0.25, 0.3) is 0 Å². The van der Waals surface area contributed by atoms with Gasteiger partial charge in [-0.1, -0.05) is 0 Å². The van der Waals surface area contributed by atoms with Gasteiger partial charge in [-0.3, -0.25) is 0 Å². The fourth-order valence-corrected chi connectivity index (χ4v) is 1.77. The second kappa shape index (κ2) is 5.01. The summed E-state index contributed by atoms with van der Waals surface area (Å²) in [4.78, 5) is 0. The molecule has 0 aliphatic heterocycles. The SMILES string of the molecule is CC(N)CCSCC(C)(C)O. The van der Waals surface area contributed by atoms with Crippen LogP contribution in [-0.2, 0) is 0 Å². The monoisotopic (exact) mass is 177 g/mol. The van der Waals surface area contributed by atoms with Crippen molar-refractivity contribution >= 4 is 11.8 Å². The number of hydrogen-bond donors (Lipinski definition) is 2. The Hall–Kier alpha value is 0.270. The Bertz CT molecular complexity index is 98.8. The zero-order chi connectivity index (χ0) is 8.91. The summed E-state index contributed by atoms with van der Waals surface area (Å²) in [7, 11) is 0. The van der Waals surface area contributed by atoms with E-state index in [1.165, 1.54) is 0 Å². The van der Waals surface area contributed by atoms with Crippen LogP contribution in [0, 0.1) is 0 Å². The number of rotatable bonds is 5. The summed E-state index contributed by atoms with van der Waals surface area (Å²) >= 11 is 1.76. The molecule has 1 unspecified atom stereocenters. The summed E-state index contributed by atoms with van der Waals surface area (Å²) in [6.45, 7) is 5.66. The standard InChI is InChI=1S/C8H19NOS/c1-7(9)4-5-11-6-8(2,3)10/h7,10H,4-6,9H2,1-3H3. The van der Waals surface area contributed by atoms with Gasteiger partial charge in [0.1, 0.15) is 0 Å². The van der Waals surface area contributed by atoms with Crippen molar-refractivity contribution in [2.75, 3.05) is 11.5 Å². The number of thioether (sulfide) groups is 1. The molecule has 3 N–H and O–H groups in total. The van der Waals surface area contributed by atoms with Gasteiger partial charge in [-0.2, -0.15) is 11.8 Å². The highest BCUT2D eigenvalue weighted by Crippen LogP contribution is 2.12. The molecule has 2 nitrogen and oxygen atoms in total. The van der Waals surface area contributed by atoms with Crippen molar-refractivity contribution in [2.45, 2.75) is 38.8 Å². The molecule has 0 aromatic carbocycles. The molecule has 68 valence electrons. The van der Waals surface area contributed by atoms with E-state index in [1.807, 2.05) is 20.8 Å². The molecule has 0 saturated heterocycles. The van der Waals surface area contributed by atoms with Crippen LogP contribution in [0.4, 0.5) is 0 Å². The Kier molecular flexibility index (Phi) is 5.13. The summed E-state index contributed by atoms with van der Waals surface area (Å²) in [6.07, 6.45) is 1.03. The summed E-state index contributed by atoms with van der Waals surface area (Å²) in [6, 6.07) is 0.282. The molecule has 0 radical (unpaired) electrons. The van der Waals surface area contributed by atoms with Crippen LogP contribution in [0.3, 0.4) is 0 Å². The molecular weight excluding hydrogens is 158 g/mol. The van der Waals surface area contributed by atoms with Crippen LogP contribution in [-0.4, -0.2) is 28.3 Å². The summed E-state index contributed by atoms with van der Waals surface area (Å²) in [5.74, 6) is 1.83. The Labute approximate surface area is 73.6 Å². The smallest absolute Gasteiger partial charge is 0.0681 e. The molecule has 3 heteroatoms. The maximum Gasteiger partial charge on any atom is 0.0681 e. The van der Waals surface area contributed by atoms with E-state index in [4.69, 9.17) is 5.73 Å². The first-order valence-electron chi connectivity index (χ1n) is 3.97. The van der Waals surface area contributed by atoms with E-state index in [1.54, 1.807) is 11.8 Å². The largest absolute Gasteiger partial charge is 0.390 e. The summed E-state index contributed by atoms with van der Waals surface area (Å²) < 4.78 is 0. The molecule has 0 fully saturated rings. The molecule has 0 bridgehead atoms. The van der Waals surface area contributed by atoms with Crippen LogP contribution in [0.1, 0.15) is 27.2 Å². The van der Waals surface area contributed by atoms with Gasteiger partial charge >= 0.3 is 0 Å². The van der Waals surface area contributed by atoms with E-state index in [2.05, 4.69) is 0 Å². The fraction of sp³-hybridized carbons (Fsp3) is 1.00. The average molecular weight is 177 g/mol. The van der Waals surface area contributed by atoms with Crippen LogP contribution in [0.25, 0.3) is 0 Å². The molecular formula is C8H19NOS. The predicted molar refractivity (Wildman–Crippen MR) is 51.9 cm³/mol. The molecule has 11 heavy (non-hydrogen) atoms. The first-order valence-corrected chi connectivity index (χ1v) is 5.13. The third kappa shape index (κ3) is 10.3. The number of hydrogen-bond acceptors (Lipinski definition) is 3. The molecule has 0 spiro atoms. The Morgan fingerprint density at radius 2 is 2.09 bits per heavy atom. The maximum atomic E-state index is 9.33. The van der Waals surface area contributed by atoms with Crippen molar-refractivity contribution < 1.29 is 5.11 Å². The molecule has 0 saturated carbocycles. The van der Waals surface area contributed by atoms with Crippen LogP contribution < -0.4 is 5.73 Å². The lowest BCUT2D eigenvalue weighted by Crippen LogP contribution is -2.23. The molecule has 1 atom stereocenters. The molecule has 0 amide bonds. The van der Waals surface area contributed by atoms with E-state index < -0.39 is 5.60 Å². The van der Waals surface area contributed by atoms with Crippen molar-refractivity contribution in [2.24, 2.45) is 5.73 Å². The summed E-state index contributed by atoms with van der Waals surface area (Å²) in [5, 5.41) is 9.33. The molecule has 0 heterocycles. The van der Waals surface area contributed by atoms with Crippen LogP contribution in [0.5, 0.6) is 0 Å². The van der Waals surface area contributed by atoms with E-state index in [0.29, 0.717) is 0 Å². The van der Waals surface area contributed by atoms with Crippen LogP contribution in [0.15, 0.2) is 0 Å². The normalized spacial score (nSPS) is 15.0. The number of aliphatic hydroxyl groups is 1. The topological polar surface area (TPSA) is 46.2 Å². The van der Waals surface area contributed by atoms with E-state index in [9.17, 15) is 5.11 Å². The number of nitrogens with two attached hydrogens (primary N) is 1. The fourth-order valence-electron chi connectivity index (χ4n) is 0.591. The third-order valence-corrected chi connectivity index (χ3v) is 2.61. The highest BCUT2D eigenvalue weighted by atomic mass is 32.2. The van der Waals surface area contributed by atoms with E-state index in [-0.39, 0.29) is 6.04 Å². The van der Waals surface area contributed by atoms with Gasteiger partial charge in [0, 0.05) is 11.8 Å². The highest BCUT2D eigenvalue weighted by Gasteiger charge is 2.11. The second-order valence-electron chi connectivity index (χ2n) is 3.63. The van der Waals surface area contributed by atoms with Crippen LogP contribution >= 0.6 is 11.8 Å². The quantitative estimate of drug-likeness (QED) is 0.621. The first-order chi connectivity index (χ1) is 4.92. The van der Waals surface area contributed by atoms with Crippen molar-refractivity contribution in [1.29, 1.82) is 0 Å². The van der Waals surface area contributed by atoms with Gasteiger partial charge in [0.05, 0.1) is 5.60 Å². The lowest BCUT2D eigenvalue weighted by Gasteiger charge is -2.16. The Balaban J connectivity index is 3.15. The van der Waals surface area contributed by atoms with Crippen molar-refractivity contribution in [1.82, 2.24) is 0 Å². The van der Waals surface area contributed by atoms with Gasteiger partial charge in [0.2, 0.25) is 0 Å². The molecule has 0 aromatic heterocycles. The maximum absolute atomic E-state index is 9.33. The molecule has 0 rings (SSSR count). The molecule has 0 aliphatic rings. The minimum absolute atomic E-state index is 0.282. The molecule has 0 aromatic rings. The first kappa shape index (κ1) is 11.3. The zero-order valence-corrected chi connectivity index (χ0v) is 8.45. The second-order valence-corrected chi connectivity index (χ2v) is 4.74. The third-order valence-electron chi connectivity index (χ3n) is 1.17. The van der Waals surface area contributed by atoms with Gasteiger partial charge < -0.3 is 10.8 Å². The molecule has 0 aliphatic carbocycles. The average Bonchev–Trinajstić information content (AvgIpc) is 1.78. The van der Waals surface area contributed by atoms with Gasteiger partial charge in [-0.15, -0.1) is 0 Å². The summed E-state index contributed by atoms with van der Waals surface area (Å²) in [5.41, 5.74) is 5.03. The predicted octanol–water partition coefficient (Wildman–Crippen LogP) is 1.23. The van der Waals surface area contributed by atoms with Crippen molar-refractivity contribution in [3.05, 3.63) is 0 Å². The Morgan fingerprint density at radius 1 is 1.55 bits per heavy atom. The van der Waals surface area contributed by atoms with Gasteiger partial charge in [-0.25, -0.2) is 0 Å². The van der Waals surface area contributed by atoms with Crippen LogP contribution in [0.2, 0.25) is 0 Å². The minimum atomic E-state index is -0.539. The van der Waals surface area contributed by atoms with Crippen molar-refractivity contribution in [3.63, 3.8) is 0 Å². The zero-order valence-electron chi connectivity index (χ0n) is 7.63. The lowest BCUT2D eigenvalue weighted by atomic mass is 10.2.